The average molecular weight is 232 g/mol. The van der Waals surface area contributed by atoms with Crippen molar-refractivity contribution in [2.24, 2.45) is 10.7 Å². The Kier molecular flexibility index (Phi) is 3.52. The van der Waals surface area contributed by atoms with Gasteiger partial charge in [0.2, 0.25) is 0 Å². The Balaban J connectivity index is 2.14. The molecule has 0 aromatic heterocycles. The second-order valence-electron chi connectivity index (χ2n) is 4.65. The van der Waals surface area contributed by atoms with Crippen LogP contribution in [-0.4, -0.2) is 11.9 Å². The number of amidine groups is 1. The molecule has 4 nitrogen and oxygen atoms in total. The summed E-state index contributed by atoms with van der Waals surface area (Å²) in [6.45, 7) is 0. The summed E-state index contributed by atoms with van der Waals surface area (Å²) in [5, 5.41) is 0. The highest BCUT2D eigenvalue weighted by molar-refractivity contribution is 5.99. The maximum atomic E-state index is 6.00. The summed E-state index contributed by atoms with van der Waals surface area (Å²) in [4.78, 5) is 4.58. The van der Waals surface area contributed by atoms with Crippen molar-refractivity contribution < 1.29 is 0 Å². The number of aliphatic imine (C=N–C) groups is 1. The van der Waals surface area contributed by atoms with Crippen LogP contribution in [-0.2, 0) is 0 Å². The predicted molar refractivity (Wildman–Crippen MR) is 72.9 cm³/mol. The van der Waals surface area contributed by atoms with Crippen LogP contribution in [0.5, 0.6) is 0 Å². The number of benzene rings is 1. The van der Waals surface area contributed by atoms with E-state index in [1.54, 1.807) is 12.1 Å². The molecule has 1 aliphatic carbocycles. The van der Waals surface area contributed by atoms with Crippen molar-refractivity contribution >= 4 is 17.2 Å². The van der Waals surface area contributed by atoms with Crippen LogP contribution >= 0.6 is 0 Å². The Morgan fingerprint density at radius 1 is 1.06 bits per heavy atom. The first-order valence-corrected chi connectivity index (χ1v) is 6.15. The lowest BCUT2D eigenvalue weighted by molar-refractivity contribution is 0.443. The van der Waals surface area contributed by atoms with E-state index in [0.29, 0.717) is 23.3 Å². The van der Waals surface area contributed by atoms with Crippen molar-refractivity contribution in [3.8, 4) is 0 Å². The number of hydrogen-bond acceptors (Lipinski definition) is 3. The van der Waals surface area contributed by atoms with Gasteiger partial charge in [-0.25, -0.2) is 0 Å². The first kappa shape index (κ1) is 11.8. The van der Waals surface area contributed by atoms with Crippen molar-refractivity contribution in [2.75, 3.05) is 11.5 Å². The fourth-order valence-corrected chi connectivity index (χ4v) is 2.22. The SMILES string of the molecule is NC(=NC1CCCCC1)c1ccc(N)c(N)c1. The van der Waals surface area contributed by atoms with E-state index < -0.39 is 0 Å². The van der Waals surface area contributed by atoms with Crippen LogP contribution in [0.15, 0.2) is 23.2 Å². The molecule has 0 aliphatic heterocycles. The van der Waals surface area contributed by atoms with Gasteiger partial charge in [-0.05, 0) is 31.0 Å². The standard InChI is InChI=1S/C13H20N4/c14-11-7-6-9(8-12(11)15)13(16)17-10-4-2-1-3-5-10/h6-8,10H,1-5,14-15H2,(H2,16,17). The zero-order valence-corrected chi connectivity index (χ0v) is 10.0. The van der Waals surface area contributed by atoms with E-state index in [1.165, 1.54) is 19.3 Å². The van der Waals surface area contributed by atoms with Crippen molar-refractivity contribution in [3.63, 3.8) is 0 Å². The summed E-state index contributed by atoms with van der Waals surface area (Å²) in [5.74, 6) is 0.573. The first-order chi connectivity index (χ1) is 8.16. The minimum atomic E-state index is 0.377. The van der Waals surface area contributed by atoms with Crippen LogP contribution in [0.2, 0.25) is 0 Å². The minimum Gasteiger partial charge on any atom is -0.397 e. The average Bonchev–Trinajstić information content (AvgIpc) is 2.34. The number of nitrogens with zero attached hydrogens (tertiary/aromatic N) is 1. The van der Waals surface area contributed by atoms with E-state index in [2.05, 4.69) is 4.99 Å². The van der Waals surface area contributed by atoms with Crippen LogP contribution < -0.4 is 17.2 Å². The molecular weight excluding hydrogens is 212 g/mol. The molecule has 0 bridgehead atoms. The molecule has 1 saturated carbocycles. The molecule has 0 heterocycles. The Bertz CT molecular complexity index is 419. The second-order valence-corrected chi connectivity index (χ2v) is 4.65. The lowest BCUT2D eigenvalue weighted by atomic mass is 9.96. The quantitative estimate of drug-likeness (QED) is 0.413. The van der Waals surface area contributed by atoms with Crippen LogP contribution in [0.4, 0.5) is 11.4 Å². The van der Waals surface area contributed by atoms with Crippen molar-refractivity contribution in [1.29, 1.82) is 0 Å². The van der Waals surface area contributed by atoms with Crippen LogP contribution in [0, 0.1) is 0 Å². The monoisotopic (exact) mass is 232 g/mol. The van der Waals surface area contributed by atoms with Gasteiger partial charge in [-0.3, -0.25) is 4.99 Å². The fraction of sp³-hybridized carbons (Fsp3) is 0.462. The maximum absolute atomic E-state index is 6.00. The van der Waals surface area contributed by atoms with Gasteiger partial charge >= 0.3 is 0 Å². The molecule has 6 N–H and O–H groups in total. The van der Waals surface area contributed by atoms with Gasteiger partial charge in [-0.2, -0.15) is 0 Å². The van der Waals surface area contributed by atoms with Gasteiger partial charge < -0.3 is 17.2 Å². The third-order valence-electron chi connectivity index (χ3n) is 3.28. The number of hydrogen-bond donors (Lipinski definition) is 3. The summed E-state index contributed by atoms with van der Waals surface area (Å²) in [7, 11) is 0. The molecule has 1 aromatic rings. The smallest absolute Gasteiger partial charge is 0.125 e. The van der Waals surface area contributed by atoms with E-state index in [4.69, 9.17) is 17.2 Å². The molecule has 0 radical (unpaired) electrons. The second kappa shape index (κ2) is 5.08. The molecule has 4 heteroatoms. The molecule has 92 valence electrons. The normalized spacial score (nSPS) is 18.2. The number of anilines is 2. The molecular formula is C13H20N4. The van der Waals surface area contributed by atoms with E-state index in [9.17, 15) is 0 Å². The van der Waals surface area contributed by atoms with Gasteiger partial charge in [-0.1, -0.05) is 19.3 Å². The summed E-state index contributed by atoms with van der Waals surface area (Å²) in [5.41, 5.74) is 19.4. The van der Waals surface area contributed by atoms with Gasteiger partial charge in [0, 0.05) is 5.56 Å². The van der Waals surface area contributed by atoms with Gasteiger partial charge in [0.1, 0.15) is 5.84 Å². The van der Waals surface area contributed by atoms with Gasteiger partial charge in [-0.15, -0.1) is 0 Å². The van der Waals surface area contributed by atoms with Crippen molar-refractivity contribution in [1.82, 2.24) is 0 Å². The van der Waals surface area contributed by atoms with E-state index in [-0.39, 0.29) is 0 Å². The topological polar surface area (TPSA) is 90.4 Å². The predicted octanol–water partition coefficient (Wildman–Crippen LogP) is 1.89. The molecule has 0 unspecified atom stereocenters. The highest BCUT2D eigenvalue weighted by Crippen LogP contribution is 2.21. The van der Waals surface area contributed by atoms with Crippen molar-refractivity contribution in [2.45, 2.75) is 38.1 Å². The number of nitrogens with two attached hydrogens (primary N) is 3. The summed E-state index contributed by atoms with van der Waals surface area (Å²) >= 11 is 0. The molecule has 1 fully saturated rings. The number of nitrogen functional groups attached to an aromatic ring is 2. The molecule has 0 spiro atoms. The van der Waals surface area contributed by atoms with E-state index in [0.717, 1.165) is 18.4 Å². The summed E-state index contributed by atoms with van der Waals surface area (Å²) < 4.78 is 0. The lowest BCUT2D eigenvalue weighted by Gasteiger charge is -2.18. The molecule has 1 aromatic carbocycles. The Morgan fingerprint density at radius 3 is 2.41 bits per heavy atom. The van der Waals surface area contributed by atoms with Crippen LogP contribution in [0.3, 0.4) is 0 Å². The zero-order valence-electron chi connectivity index (χ0n) is 10.0. The largest absolute Gasteiger partial charge is 0.397 e. The molecule has 0 atom stereocenters. The van der Waals surface area contributed by atoms with Crippen LogP contribution in [0.1, 0.15) is 37.7 Å². The van der Waals surface area contributed by atoms with Gasteiger partial charge in [0.15, 0.2) is 0 Å². The summed E-state index contributed by atoms with van der Waals surface area (Å²) in [6.07, 6.45) is 6.12. The Hall–Kier alpha value is -1.71. The van der Waals surface area contributed by atoms with E-state index >= 15 is 0 Å². The summed E-state index contributed by atoms with van der Waals surface area (Å²) in [6, 6.07) is 5.81. The van der Waals surface area contributed by atoms with Gasteiger partial charge in [0.05, 0.1) is 17.4 Å². The first-order valence-electron chi connectivity index (χ1n) is 6.15. The third kappa shape index (κ3) is 2.90. The molecule has 0 amide bonds. The lowest BCUT2D eigenvalue weighted by Crippen LogP contribution is -2.20. The Morgan fingerprint density at radius 2 is 1.76 bits per heavy atom. The molecule has 17 heavy (non-hydrogen) atoms. The highest BCUT2D eigenvalue weighted by Gasteiger charge is 2.13. The Labute approximate surface area is 102 Å². The van der Waals surface area contributed by atoms with E-state index in [1.807, 2.05) is 6.07 Å². The molecule has 0 saturated heterocycles. The van der Waals surface area contributed by atoms with Crippen LogP contribution in [0.25, 0.3) is 0 Å². The number of rotatable bonds is 2. The molecule has 2 rings (SSSR count). The zero-order chi connectivity index (χ0) is 12.3. The molecule has 1 aliphatic rings. The maximum Gasteiger partial charge on any atom is 0.125 e. The highest BCUT2D eigenvalue weighted by atomic mass is 14.9. The van der Waals surface area contributed by atoms with Gasteiger partial charge in [0.25, 0.3) is 0 Å². The minimum absolute atomic E-state index is 0.377. The third-order valence-corrected chi connectivity index (χ3v) is 3.28. The van der Waals surface area contributed by atoms with Crippen molar-refractivity contribution in [3.05, 3.63) is 23.8 Å². The fourth-order valence-electron chi connectivity index (χ4n) is 2.22.